The summed E-state index contributed by atoms with van der Waals surface area (Å²) in [5.74, 6) is -1.26. The molecule has 5 nitrogen and oxygen atoms in total. The van der Waals surface area contributed by atoms with E-state index < -0.39 is 5.97 Å². The van der Waals surface area contributed by atoms with E-state index in [2.05, 4.69) is 4.98 Å². The van der Waals surface area contributed by atoms with Crippen molar-refractivity contribution < 1.29 is 14.7 Å². The SMILES string of the molecule is CCCN(CC(=O)O)C(=O)c1sc(-c2ccsc2)nc1C. The van der Waals surface area contributed by atoms with Gasteiger partial charge >= 0.3 is 5.97 Å². The molecular formula is C14H16N2O3S2. The highest BCUT2D eigenvalue weighted by atomic mass is 32.1. The van der Waals surface area contributed by atoms with Crippen LogP contribution in [0.25, 0.3) is 10.6 Å². The number of aliphatic carboxylic acids is 1. The fraction of sp³-hybridized carbons (Fsp3) is 0.357. The monoisotopic (exact) mass is 324 g/mol. The summed E-state index contributed by atoms with van der Waals surface area (Å²) in [5, 5.41) is 13.7. The molecule has 2 aromatic rings. The van der Waals surface area contributed by atoms with Crippen LogP contribution < -0.4 is 0 Å². The fourth-order valence-corrected chi connectivity index (χ4v) is 3.68. The van der Waals surface area contributed by atoms with Crippen LogP contribution in [0.4, 0.5) is 0 Å². The summed E-state index contributed by atoms with van der Waals surface area (Å²) in [5.41, 5.74) is 1.64. The van der Waals surface area contributed by atoms with Crippen molar-refractivity contribution in [1.29, 1.82) is 0 Å². The maximum absolute atomic E-state index is 12.5. The average molecular weight is 324 g/mol. The lowest BCUT2D eigenvalue weighted by atomic mass is 10.3. The Kier molecular flexibility index (Phi) is 5.08. The average Bonchev–Trinajstić information content (AvgIpc) is 3.05. The van der Waals surface area contributed by atoms with Crippen LogP contribution in [0.2, 0.25) is 0 Å². The van der Waals surface area contributed by atoms with E-state index in [1.54, 1.807) is 18.3 Å². The summed E-state index contributed by atoms with van der Waals surface area (Å²) in [7, 11) is 0. The number of carbonyl (C=O) groups excluding carboxylic acids is 1. The van der Waals surface area contributed by atoms with E-state index in [0.29, 0.717) is 23.5 Å². The third-order valence-corrected chi connectivity index (χ3v) is 4.74. The Morgan fingerprint density at radius 1 is 1.43 bits per heavy atom. The molecule has 0 aliphatic heterocycles. The number of hydrogen-bond acceptors (Lipinski definition) is 5. The Labute approximate surface area is 130 Å². The molecule has 1 N–H and O–H groups in total. The maximum atomic E-state index is 12.5. The van der Waals surface area contributed by atoms with Gasteiger partial charge in [0.05, 0.1) is 5.69 Å². The van der Waals surface area contributed by atoms with Crippen molar-refractivity contribution in [3.05, 3.63) is 27.4 Å². The highest BCUT2D eigenvalue weighted by Gasteiger charge is 2.23. The lowest BCUT2D eigenvalue weighted by Gasteiger charge is -2.19. The number of amides is 1. The van der Waals surface area contributed by atoms with Crippen molar-refractivity contribution >= 4 is 34.6 Å². The van der Waals surface area contributed by atoms with E-state index in [1.807, 2.05) is 23.8 Å². The highest BCUT2D eigenvalue weighted by molar-refractivity contribution is 7.17. The molecular weight excluding hydrogens is 308 g/mol. The number of rotatable bonds is 6. The van der Waals surface area contributed by atoms with Gasteiger partial charge in [-0.1, -0.05) is 6.92 Å². The molecule has 0 unspecified atom stereocenters. The molecule has 7 heteroatoms. The van der Waals surface area contributed by atoms with Crippen LogP contribution in [0.15, 0.2) is 16.8 Å². The van der Waals surface area contributed by atoms with Gasteiger partial charge in [-0.2, -0.15) is 11.3 Å². The summed E-state index contributed by atoms with van der Waals surface area (Å²) in [6.45, 7) is 3.84. The van der Waals surface area contributed by atoms with Crippen LogP contribution in [-0.4, -0.2) is 40.0 Å². The van der Waals surface area contributed by atoms with Gasteiger partial charge in [0.15, 0.2) is 0 Å². The predicted octanol–water partition coefficient (Wildman–Crippen LogP) is 3.12. The quantitative estimate of drug-likeness (QED) is 0.886. The van der Waals surface area contributed by atoms with Crippen LogP contribution in [-0.2, 0) is 4.79 Å². The summed E-state index contributed by atoms with van der Waals surface area (Å²) >= 11 is 2.89. The molecule has 0 bridgehead atoms. The molecule has 0 atom stereocenters. The highest BCUT2D eigenvalue weighted by Crippen LogP contribution is 2.30. The minimum absolute atomic E-state index is 0.254. The number of nitrogens with zero attached hydrogens (tertiary/aromatic N) is 2. The third kappa shape index (κ3) is 3.68. The van der Waals surface area contributed by atoms with Gasteiger partial charge in [0.1, 0.15) is 16.4 Å². The molecule has 0 aliphatic rings. The Morgan fingerprint density at radius 3 is 2.76 bits per heavy atom. The Hall–Kier alpha value is -1.73. The predicted molar refractivity (Wildman–Crippen MR) is 84.0 cm³/mol. The minimum atomic E-state index is -1.00. The van der Waals surface area contributed by atoms with Gasteiger partial charge in [0.25, 0.3) is 5.91 Å². The van der Waals surface area contributed by atoms with Crippen LogP contribution in [0.3, 0.4) is 0 Å². The van der Waals surface area contributed by atoms with Crippen molar-refractivity contribution in [2.24, 2.45) is 0 Å². The van der Waals surface area contributed by atoms with E-state index in [0.717, 1.165) is 10.6 Å². The second-order valence-corrected chi connectivity index (χ2v) is 6.35. The van der Waals surface area contributed by atoms with Gasteiger partial charge in [-0.3, -0.25) is 9.59 Å². The first-order valence-corrected chi connectivity index (χ1v) is 8.30. The van der Waals surface area contributed by atoms with Crippen molar-refractivity contribution in [2.45, 2.75) is 20.3 Å². The van der Waals surface area contributed by atoms with Gasteiger partial charge in [-0.15, -0.1) is 11.3 Å². The van der Waals surface area contributed by atoms with Gasteiger partial charge in [0.2, 0.25) is 0 Å². The number of aryl methyl sites for hydroxylation is 1. The van der Waals surface area contributed by atoms with Gasteiger partial charge in [-0.05, 0) is 24.8 Å². The molecule has 0 aromatic carbocycles. The van der Waals surface area contributed by atoms with Crippen LogP contribution in [0.1, 0.15) is 28.7 Å². The van der Waals surface area contributed by atoms with Crippen molar-refractivity contribution in [3.8, 4) is 10.6 Å². The number of thiazole rings is 1. The summed E-state index contributed by atoms with van der Waals surface area (Å²) in [6.07, 6.45) is 0.717. The molecule has 2 heterocycles. The van der Waals surface area contributed by atoms with Crippen molar-refractivity contribution in [3.63, 3.8) is 0 Å². The lowest BCUT2D eigenvalue weighted by molar-refractivity contribution is -0.137. The van der Waals surface area contributed by atoms with E-state index >= 15 is 0 Å². The molecule has 0 saturated heterocycles. The fourth-order valence-electron chi connectivity index (χ4n) is 1.93. The standard InChI is InChI=1S/C14H16N2O3S2/c1-3-5-16(7-11(17)18)14(19)12-9(2)15-13(21-12)10-4-6-20-8-10/h4,6,8H,3,5,7H2,1-2H3,(H,17,18). The molecule has 2 rings (SSSR count). The minimum Gasteiger partial charge on any atom is -0.480 e. The third-order valence-electron chi connectivity index (χ3n) is 2.87. The lowest BCUT2D eigenvalue weighted by Crippen LogP contribution is -2.36. The van der Waals surface area contributed by atoms with Crippen molar-refractivity contribution in [1.82, 2.24) is 9.88 Å². The van der Waals surface area contributed by atoms with E-state index in [-0.39, 0.29) is 12.5 Å². The normalized spacial score (nSPS) is 10.6. The van der Waals surface area contributed by atoms with E-state index in [1.165, 1.54) is 16.2 Å². The summed E-state index contributed by atoms with van der Waals surface area (Å²) < 4.78 is 0. The molecule has 0 radical (unpaired) electrons. The van der Waals surface area contributed by atoms with Gasteiger partial charge in [0, 0.05) is 17.5 Å². The van der Waals surface area contributed by atoms with Gasteiger partial charge < -0.3 is 10.0 Å². The number of carbonyl (C=O) groups is 2. The molecule has 112 valence electrons. The topological polar surface area (TPSA) is 70.5 Å². The zero-order valence-electron chi connectivity index (χ0n) is 11.8. The molecule has 21 heavy (non-hydrogen) atoms. The number of aromatic nitrogens is 1. The molecule has 2 aromatic heterocycles. The summed E-state index contributed by atoms with van der Waals surface area (Å²) in [4.78, 5) is 29.7. The first-order chi connectivity index (χ1) is 10.0. The number of thiophene rings is 1. The second-order valence-electron chi connectivity index (χ2n) is 4.57. The van der Waals surface area contributed by atoms with Gasteiger partial charge in [-0.25, -0.2) is 4.98 Å². The van der Waals surface area contributed by atoms with Crippen LogP contribution in [0.5, 0.6) is 0 Å². The second kappa shape index (κ2) is 6.82. The number of carboxylic acid groups (broad SMARTS) is 1. The molecule has 0 spiro atoms. The number of carboxylic acids is 1. The van der Waals surface area contributed by atoms with Crippen LogP contribution >= 0.6 is 22.7 Å². The zero-order chi connectivity index (χ0) is 15.4. The first kappa shape index (κ1) is 15.7. The van der Waals surface area contributed by atoms with E-state index in [9.17, 15) is 9.59 Å². The molecule has 0 aliphatic carbocycles. The maximum Gasteiger partial charge on any atom is 0.323 e. The first-order valence-electron chi connectivity index (χ1n) is 6.54. The summed E-state index contributed by atoms with van der Waals surface area (Å²) in [6, 6.07) is 1.96. The largest absolute Gasteiger partial charge is 0.480 e. The Balaban J connectivity index is 2.27. The smallest absolute Gasteiger partial charge is 0.323 e. The van der Waals surface area contributed by atoms with Crippen molar-refractivity contribution in [2.75, 3.05) is 13.1 Å². The molecule has 1 amide bonds. The number of hydrogen-bond donors (Lipinski definition) is 1. The Bertz CT molecular complexity index is 635. The molecule has 0 saturated carbocycles. The van der Waals surface area contributed by atoms with Crippen LogP contribution in [0, 0.1) is 6.92 Å². The molecule has 0 fully saturated rings. The van der Waals surface area contributed by atoms with E-state index in [4.69, 9.17) is 5.11 Å². The Morgan fingerprint density at radius 2 is 2.19 bits per heavy atom. The zero-order valence-corrected chi connectivity index (χ0v) is 13.5.